The molecule has 6 heteroatoms. The maximum absolute atomic E-state index is 11.9. The van der Waals surface area contributed by atoms with Gasteiger partial charge in [-0.1, -0.05) is 76.5 Å². The largest absolute Gasteiger partial charge is 0.475 e. The summed E-state index contributed by atoms with van der Waals surface area (Å²) in [6.45, 7) is 4.01. The average molecular weight is 372 g/mol. The SMILES string of the molecule is CCCCCCCCCCCOP(=O)(O)OC(C)Oc1ccccc1. The van der Waals surface area contributed by atoms with E-state index >= 15 is 0 Å². The Kier molecular flexibility index (Phi) is 11.8. The summed E-state index contributed by atoms with van der Waals surface area (Å²) in [4.78, 5) is 9.72. The quantitative estimate of drug-likeness (QED) is 0.230. The smallest absolute Gasteiger partial charge is 0.465 e. The molecule has 0 saturated carbocycles. The van der Waals surface area contributed by atoms with Crippen molar-refractivity contribution < 1.29 is 23.2 Å². The van der Waals surface area contributed by atoms with Crippen LogP contribution in [0.3, 0.4) is 0 Å². The summed E-state index contributed by atoms with van der Waals surface area (Å²) in [7, 11) is -4.08. The van der Waals surface area contributed by atoms with Gasteiger partial charge in [0.1, 0.15) is 5.75 Å². The van der Waals surface area contributed by atoms with Gasteiger partial charge in [0.25, 0.3) is 0 Å². The van der Waals surface area contributed by atoms with Crippen molar-refractivity contribution in [2.24, 2.45) is 0 Å². The third-order valence-corrected chi connectivity index (χ3v) is 4.90. The summed E-state index contributed by atoms with van der Waals surface area (Å²) in [5, 5.41) is 0. The summed E-state index contributed by atoms with van der Waals surface area (Å²) in [6.07, 6.45) is 9.77. The molecule has 0 radical (unpaired) electrons. The molecule has 0 aliphatic heterocycles. The number of rotatable bonds is 15. The maximum atomic E-state index is 11.9. The number of phosphoric acid groups is 1. The van der Waals surface area contributed by atoms with E-state index in [1.54, 1.807) is 19.1 Å². The summed E-state index contributed by atoms with van der Waals surface area (Å²) in [6, 6.07) is 9.02. The van der Waals surface area contributed by atoms with Crippen molar-refractivity contribution in [3.63, 3.8) is 0 Å². The molecule has 1 aromatic carbocycles. The molecule has 1 aromatic rings. The van der Waals surface area contributed by atoms with Crippen LogP contribution in [-0.2, 0) is 13.6 Å². The van der Waals surface area contributed by atoms with Crippen LogP contribution in [0.5, 0.6) is 5.75 Å². The zero-order valence-corrected chi connectivity index (χ0v) is 16.5. The molecular weight excluding hydrogens is 339 g/mol. The fraction of sp³-hybridized carbons (Fsp3) is 0.684. The van der Waals surface area contributed by atoms with Crippen LogP contribution < -0.4 is 4.74 Å². The standard InChI is InChI=1S/C19H33O5P/c1-3-4-5-6-7-8-9-10-14-17-22-25(20,21)24-18(2)23-19-15-12-11-13-16-19/h11-13,15-16,18H,3-10,14,17H2,1-2H3,(H,20,21). The Morgan fingerprint density at radius 1 is 0.960 bits per heavy atom. The molecule has 1 N–H and O–H groups in total. The second-order valence-corrected chi connectivity index (χ2v) is 7.64. The van der Waals surface area contributed by atoms with Gasteiger partial charge in [0.15, 0.2) is 0 Å². The Morgan fingerprint density at radius 3 is 2.12 bits per heavy atom. The van der Waals surface area contributed by atoms with Crippen LogP contribution in [0.4, 0.5) is 0 Å². The Hall–Kier alpha value is -0.870. The first-order chi connectivity index (χ1) is 12.0. The van der Waals surface area contributed by atoms with E-state index in [2.05, 4.69) is 6.92 Å². The first kappa shape index (κ1) is 22.2. The molecule has 0 fully saturated rings. The second-order valence-electron chi connectivity index (χ2n) is 6.23. The molecular formula is C19H33O5P. The maximum Gasteiger partial charge on any atom is 0.475 e. The van der Waals surface area contributed by atoms with E-state index in [4.69, 9.17) is 13.8 Å². The molecule has 0 saturated heterocycles. The molecule has 144 valence electrons. The molecule has 0 bridgehead atoms. The first-order valence-electron chi connectivity index (χ1n) is 9.41. The van der Waals surface area contributed by atoms with Crippen LogP contribution in [0.25, 0.3) is 0 Å². The average Bonchev–Trinajstić information content (AvgIpc) is 2.57. The minimum atomic E-state index is -4.08. The van der Waals surface area contributed by atoms with Crippen LogP contribution in [0.15, 0.2) is 30.3 Å². The number of phosphoric ester groups is 1. The van der Waals surface area contributed by atoms with Gasteiger partial charge < -0.3 is 9.63 Å². The lowest BCUT2D eigenvalue weighted by Gasteiger charge is -2.18. The molecule has 0 aliphatic rings. The van der Waals surface area contributed by atoms with Gasteiger partial charge in [-0.05, 0) is 25.5 Å². The molecule has 0 heterocycles. The topological polar surface area (TPSA) is 65.0 Å². The minimum absolute atomic E-state index is 0.224. The van der Waals surface area contributed by atoms with Gasteiger partial charge >= 0.3 is 7.82 Å². The molecule has 25 heavy (non-hydrogen) atoms. The lowest BCUT2D eigenvalue weighted by molar-refractivity contribution is -0.00901. The van der Waals surface area contributed by atoms with Crippen molar-refractivity contribution in [1.29, 1.82) is 0 Å². The number of hydrogen-bond acceptors (Lipinski definition) is 4. The third kappa shape index (κ3) is 12.2. The van der Waals surface area contributed by atoms with E-state index in [9.17, 15) is 9.46 Å². The molecule has 1 rings (SSSR count). The van der Waals surface area contributed by atoms with Crippen molar-refractivity contribution in [2.75, 3.05) is 6.61 Å². The predicted octanol–water partition coefficient (Wildman–Crippen LogP) is 6.08. The lowest BCUT2D eigenvalue weighted by atomic mass is 10.1. The molecule has 5 nitrogen and oxygen atoms in total. The predicted molar refractivity (Wildman–Crippen MR) is 101 cm³/mol. The molecule has 0 aliphatic carbocycles. The van der Waals surface area contributed by atoms with Crippen LogP contribution in [0, 0.1) is 0 Å². The summed E-state index contributed by atoms with van der Waals surface area (Å²) in [5.74, 6) is 0.578. The number of ether oxygens (including phenoxy) is 1. The normalized spacial score (nSPS) is 14.8. The van der Waals surface area contributed by atoms with Crippen LogP contribution >= 0.6 is 7.82 Å². The van der Waals surface area contributed by atoms with Crippen molar-refractivity contribution in [3.8, 4) is 5.75 Å². The van der Waals surface area contributed by atoms with E-state index in [-0.39, 0.29) is 6.61 Å². The highest BCUT2D eigenvalue weighted by Crippen LogP contribution is 2.44. The molecule has 0 amide bonds. The summed E-state index contributed by atoms with van der Waals surface area (Å²) < 4.78 is 27.3. The van der Waals surface area contributed by atoms with Gasteiger partial charge in [0.2, 0.25) is 6.29 Å². The van der Waals surface area contributed by atoms with Crippen molar-refractivity contribution >= 4 is 7.82 Å². The summed E-state index contributed by atoms with van der Waals surface area (Å²) in [5.41, 5.74) is 0. The van der Waals surface area contributed by atoms with Crippen LogP contribution in [-0.4, -0.2) is 17.8 Å². The van der Waals surface area contributed by atoms with E-state index in [1.165, 1.54) is 38.5 Å². The van der Waals surface area contributed by atoms with Gasteiger partial charge in [0, 0.05) is 0 Å². The van der Waals surface area contributed by atoms with Crippen LogP contribution in [0.2, 0.25) is 0 Å². The number of unbranched alkanes of at least 4 members (excludes halogenated alkanes) is 8. The van der Waals surface area contributed by atoms with E-state index in [0.29, 0.717) is 5.75 Å². The van der Waals surface area contributed by atoms with Gasteiger partial charge in [-0.15, -0.1) is 0 Å². The van der Waals surface area contributed by atoms with Gasteiger partial charge in [-0.3, -0.25) is 4.52 Å². The number of hydrogen-bond donors (Lipinski definition) is 1. The molecule has 2 unspecified atom stereocenters. The van der Waals surface area contributed by atoms with E-state index in [0.717, 1.165) is 19.3 Å². The lowest BCUT2D eigenvalue weighted by Crippen LogP contribution is -2.15. The van der Waals surface area contributed by atoms with E-state index in [1.807, 2.05) is 18.2 Å². The fourth-order valence-corrected chi connectivity index (χ4v) is 3.36. The number of para-hydroxylation sites is 1. The molecule has 2 atom stereocenters. The Balaban J connectivity index is 2.05. The molecule has 0 aromatic heterocycles. The zero-order valence-electron chi connectivity index (χ0n) is 15.6. The monoisotopic (exact) mass is 372 g/mol. The van der Waals surface area contributed by atoms with Gasteiger partial charge in [-0.2, -0.15) is 0 Å². The van der Waals surface area contributed by atoms with Crippen molar-refractivity contribution in [3.05, 3.63) is 30.3 Å². The highest BCUT2D eigenvalue weighted by Gasteiger charge is 2.25. The molecule has 0 spiro atoms. The van der Waals surface area contributed by atoms with Crippen molar-refractivity contribution in [2.45, 2.75) is 77.9 Å². The second kappa shape index (κ2) is 13.3. The zero-order chi connectivity index (χ0) is 18.4. The fourth-order valence-electron chi connectivity index (χ4n) is 2.52. The Morgan fingerprint density at radius 2 is 1.52 bits per heavy atom. The third-order valence-electron chi connectivity index (χ3n) is 3.83. The van der Waals surface area contributed by atoms with Crippen molar-refractivity contribution in [1.82, 2.24) is 0 Å². The highest BCUT2D eigenvalue weighted by atomic mass is 31.2. The number of benzene rings is 1. The van der Waals surface area contributed by atoms with Gasteiger partial charge in [-0.25, -0.2) is 9.09 Å². The summed E-state index contributed by atoms with van der Waals surface area (Å²) >= 11 is 0. The Bertz CT molecular complexity index is 480. The Labute approximate surface area is 152 Å². The van der Waals surface area contributed by atoms with Gasteiger partial charge in [0.05, 0.1) is 6.61 Å². The highest BCUT2D eigenvalue weighted by molar-refractivity contribution is 7.47. The van der Waals surface area contributed by atoms with E-state index < -0.39 is 14.1 Å². The minimum Gasteiger partial charge on any atom is -0.465 e. The first-order valence-corrected chi connectivity index (χ1v) is 10.9. The van der Waals surface area contributed by atoms with Crippen LogP contribution in [0.1, 0.15) is 71.6 Å².